The first-order valence-electron chi connectivity index (χ1n) is 4.36. The first kappa shape index (κ1) is 9.33. The number of aromatic nitrogens is 2. The maximum absolute atomic E-state index is 5.73. The van der Waals surface area contributed by atoms with E-state index in [0.717, 1.165) is 10.4 Å². The number of hydrogen-bond acceptors (Lipinski definition) is 5. The van der Waals surface area contributed by atoms with Crippen LogP contribution < -0.4 is 5.73 Å². The van der Waals surface area contributed by atoms with E-state index < -0.39 is 0 Å². The molecule has 74 valence electrons. The second kappa shape index (κ2) is 3.49. The van der Waals surface area contributed by atoms with Crippen molar-refractivity contribution in [3.05, 3.63) is 12.1 Å². The smallest absolute Gasteiger partial charge is 0.159 e. The molecule has 0 fully saturated rings. The van der Waals surface area contributed by atoms with Gasteiger partial charge in [0, 0.05) is 10.1 Å². The molecule has 0 saturated carbocycles. The highest BCUT2D eigenvalue weighted by Gasteiger charge is 2.11. The van der Waals surface area contributed by atoms with Gasteiger partial charge >= 0.3 is 0 Å². The average molecular weight is 209 g/mol. The van der Waals surface area contributed by atoms with Gasteiger partial charge in [0.15, 0.2) is 11.0 Å². The molecule has 0 saturated heterocycles. The van der Waals surface area contributed by atoms with Crippen LogP contribution in [0.3, 0.4) is 0 Å². The summed E-state index contributed by atoms with van der Waals surface area (Å²) in [5, 5.41) is 8.11. The van der Waals surface area contributed by atoms with Gasteiger partial charge < -0.3 is 5.73 Å². The third-order valence-electron chi connectivity index (χ3n) is 1.77. The lowest BCUT2D eigenvalue weighted by molar-refractivity contribution is 0.315. The van der Waals surface area contributed by atoms with Gasteiger partial charge in [-0.25, -0.2) is 4.63 Å². The molecule has 0 aliphatic carbocycles. The van der Waals surface area contributed by atoms with Gasteiger partial charge in [0.25, 0.3) is 0 Å². The van der Waals surface area contributed by atoms with E-state index in [2.05, 4.69) is 28.8 Å². The lowest BCUT2D eigenvalue weighted by atomic mass is 10.3. The summed E-state index contributed by atoms with van der Waals surface area (Å²) >= 11 is 1.72. The Morgan fingerprint density at radius 3 is 2.71 bits per heavy atom. The SMILES string of the molecule is CC(C)Sc1ccc(N)c2nonc12. The highest BCUT2D eigenvalue weighted by atomic mass is 32.2. The van der Waals surface area contributed by atoms with Gasteiger partial charge in [0.1, 0.15) is 0 Å². The second-order valence-electron chi connectivity index (χ2n) is 3.28. The minimum Gasteiger partial charge on any atom is -0.397 e. The van der Waals surface area contributed by atoms with Gasteiger partial charge in [0.05, 0.1) is 5.69 Å². The zero-order chi connectivity index (χ0) is 10.1. The zero-order valence-electron chi connectivity index (χ0n) is 8.02. The van der Waals surface area contributed by atoms with E-state index in [-0.39, 0.29) is 0 Å². The number of benzene rings is 1. The van der Waals surface area contributed by atoms with Crippen LogP contribution in [0.5, 0.6) is 0 Å². The molecule has 2 rings (SSSR count). The van der Waals surface area contributed by atoms with Crippen LogP contribution in [0.4, 0.5) is 5.69 Å². The molecular weight excluding hydrogens is 198 g/mol. The van der Waals surface area contributed by atoms with Gasteiger partial charge in [0.2, 0.25) is 0 Å². The molecule has 0 spiro atoms. The van der Waals surface area contributed by atoms with Crippen molar-refractivity contribution in [1.29, 1.82) is 0 Å². The van der Waals surface area contributed by atoms with Gasteiger partial charge in [-0.05, 0) is 22.4 Å². The van der Waals surface area contributed by atoms with Crippen molar-refractivity contribution in [2.24, 2.45) is 0 Å². The summed E-state index contributed by atoms with van der Waals surface area (Å²) in [6, 6.07) is 3.78. The van der Waals surface area contributed by atoms with Crippen LogP contribution in [0, 0.1) is 0 Å². The fourth-order valence-electron chi connectivity index (χ4n) is 1.21. The third kappa shape index (κ3) is 1.55. The molecule has 0 amide bonds. The van der Waals surface area contributed by atoms with Crippen LogP contribution in [0.15, 0.2) is 21.7 Å². The molecule has 1 aromatic heterocycles. The fourth-order valence-corrected chi connectivity index (χ4v) is 2.11. The van der Waals surface area contributed by atoms with Gasteiger partial charge in [-0.15, -0.1) is 11.8 Å². The van der Waals surface area contributed by atoms with Gasteiger partial charge in [-0.2, -0.15) is 0 Å². The Morgan fingerprint density at radius 2 is 2.00 bits per heavy atom. The molecular formula is C9H11N3OS. The van der Waals surface area contributed by atoms with Crippen LogP contribution in [-0.2, 0) is 0 Å². The molecule has 0 bridgehead atoms. The molecule has 1 heterocycles. The van der Waals surface area contributed by atoms with Crippen molar-refractivity contribution in [1.82, 2.24) is 10.3 Å². The molecule has 1 aromatic carbocycles. The lowest BCUT2D eigenvalue weighted by Gasteiger charge is -2.04. The van der Waals surface area contributed by atoms with Crippen LogP contribution in [0.2, 0.25) is 0 Å². The minimum atomic E-state index is 0.499. The van der Waals surface area contributed by atoms with Crippen LogP contribution in [-0.4, -0.2) is 15.6 Å². The number of anilines is 1. The molecule has 0 aliphatic rings. The Balaban J connectivity index is 2.55. The van der Waals surface area contributed by atoms with Crippen molar-refractivity contribution in [2.45, 2.75) is 24.0 Å². The fraction of sp³-hybridized carbons (Fsp3) is 0.333. The Hall–Kier alpha value is -1.23. The monoisotopic (exact) mass is 209 g/mol. The zero-order valence-corrected chi connectivity index (χ0v) is 8.84. The molecule has 2 aromatic rings. The number of fused-ring (bicyclic) bond motifs is 1. The number of nitrogens with zero attached hydrogens (tertiary/aromatic N) is 2. The van der Waals surface area contributed by atoms with E-state index in [4.69, 9.17) is 5.73 Å². The molecule has 14 heavy (non-hydrogen) atoms. The summed E-state index contributed by atoms with van der Waals surface area (Å²) in [5.74, 6) is 0. The second-order valence-corrected chi connectivity index (χ2v) is 4.90. The Labute approximate surface area is 85.8 Å². The summed E-state index contributed by atoms with van der Waals surface area (Å²) < 4.78 is 4.67. The highest BCUT2D eigenvalue weighted by Crippen LogP contribution is 2.31. The molecule has 5 heteroatoms. The first-order valence-corrected chi connectivity index (χ1v) is 5.24. The van der Waals surface area contributed by atoms with E-state index in [0.29, 0.717) is 16.5 Å². The standard InChI is InChI=1S/C9H11N3OS/c1-5(2)14-7-4-3-6(10)8-9(7)12-13-11-8/h3-5H,10H2,1-2H3. The van der Waals surface area contributed by atoms with Crippen molar-refractivity contribution in [2.75, 3.05) is 5.73 Å². The predicted octanol–water partition coefficient (Wildman–Crippen LogP) is 2.31. The normalized spacial score (nSPS) is 11.4. The van der Waals surface area contributed by atoms with Crippen LogP contribution in [0.1, 0.15) is 13.8 Å². The Bertz CT molecular complexity index is 452. The molecule has 0 aliphatic heterocycles. The average Bonchev–Trinajstić information content (AvgIpc) is 2.58. The van der Waals surface area contributed by atoms with Crippen molar-refractivity contribution in [3.63, 3.8) is 0 Å². The summed E-state index contributed by atoms with van der Waals surface area (Å²) in [6.07, 6.45) is 0. The molecule has 2 N–H and O–H groups in total. The minimum absolute atomic E-state index is 0.499. The summed E-state index contributed by atoms with van der Waals surface area (Å²) in [6.45, 7) is 4.25. The van der Waals surface area contributed by atoms with Gasteiger partial charge in [-0.1, -0.05) is 13.8 Å². The predicted molar refractivity (Wildman–Crippen MR) is 57.2 cm³/mol. The number of nitrogens with two attached hydrogens (primary N) is 1. The van der Waals surface area contributed by atoms with E-state index in [9.17, 15) is 0 Å². The van der Waals surface area contributed by atoms with Crippen LogP contribution in [0.25, 0.3) is 11.0 Å². The Morgan fingerprint density at radius 1 is 1.29 bits per heavy atom. The van der Waals surface area contributed by atoms with Crippen LogP contribution >= 0.6 is 11.8 Å². The molecule has 4 nitrogen and oxygen atoms in total. The number of nitrogen functional groups attached to an aromatic ring is 1. The maximum atomic E-state index is 5.73. The summed E-state index contributed by atoms with van der Waals surface area (Å²) in [5.41, 5.74) is 7.74. The quantitative estimate of drug-likeness (QED) is 0.607. The van der Waals surface area contributed by atoms with E-state index in [1.807, 2.05) is 12.1 Å². The van der Waals surface area contributed by atoms with E-state index in [1.165, 1.54) is 0 Å². The van der Waals surface area contributed by atoms with Crippen molar-refractivity contribution < 1.29 is 4.63 Å². The Kier molecular flexibility index (Phi) is 2.33. The summed E-state index contributed by atoms with van der Waals surface area (Å²) in [4.78, 5) is 1.06. The number of thioether (sulfide) groups is 1. The molecule has 0 radical (unpaired) electrons. The van der Waals surface area contributed by atoms with Gasteiger partial charge in [-0.3, -0.25) is 0 Å². The molecule has 0 unspecified atom stereocenters. The van der Waals surface area contributed by atoms with Crippen molar-refractivity contribution >= 4 is 28.5 Å². The highest BCUT2D eigenvalue weighted by molar-refractivity contribution is 8.00. The number of hydrogen-bond donors (Lipinski definition) is 1. The topological polar surface area (TPSA) is 64.9 Å². The lowest BCUT2D eigenvalue weighted by Crippen LogP contribution is -1.90. The maximum Gasteiger partial charge on any atom is 0.159 e. The molecule has 0 atom stereocenters. The van der Waals surface area contributed by atoms with E-state index >= 15 is 0 Å². The summed E-state index contributed by atoms with van der Waals surface area (Å²) in [7, 11) is 0. The first-order chi connectivity index (χ1) is 6.68. The van der Waals surface area contributed by atoms with E-state index in [1.54, 1.807) is 11.8 Å². The number of rotatable bonds is 2. The van der Waals surface area contributed by atoms with Crippen molar-refractivity contribution in [3.8, 4) is 0 Å². The third-order valence-corrected chi connectivity index (χ3v) is 2.83. The largest absolute Gasteiger partial charge is 0.397 e.